The number of hydrogen-bond donors (Lipinski definition) is 1. The van der Waals surface area contributed by atoms with Gasteiger partial charge in [-0.2, -0.15) is 0 Å². The zero-order valence-electron chi connectivity index (χ0n) is 20.7. The van der Waals surface area contributed by atoms with E-state index in [-0.39, 0.29) is 37.6 Å². The van der Waals surface area contributed by atoms with Gasteiger partial charge in [0.1, 0.15) is 23.9 Å². The van der Waals surface area contributed by atoms with Crippen LogP contribution in [0.5, 0.6) is 0 Å². The number of nitrogens with one attached hydrogen (secondary N) is 1. The molecule has 0 aliphatic carbocycles. The monoisotopic (exact) mass is 462 g/mol. The van der Waals surface area contributed by atoms with Gasteiger partial charge in [-0.1, -0.05) is 30.3 Å². The van der Waals surface area contributed by atoms with E-state index in [1.807, 2.05) is 30.3 Å². The Balaban J connectivity index is 1.91. The largest absolute Gasteiger partial charge is 0.460 e. The Morgan fingerprint density at radius 3 is 2.27 bits per heavy atom. The van der Waals surface area contributed by atoms with E-state index in [9.17, 15) is 14.4 Å². The average Bonchev–Trinajstić information content (AvgIpc) is 3.16. The summed E-state index contributed by atoms with van der Waals surface area (Å²) in [7, 11) is 0. The van der Waals surface area contributed by atoms with Crippen molar-refractivity contribution in [3.05, 3.63) is 35.9 Å². The molecule has 1 aliphatic rings. The number of ether oxygens (including phenoxy) is 3. The van der Waals surface area contributed by atoms with Gasteiger partial charge in [0.2, 0.25) is 0 Å². The van der Waals surface area contributed by atoms with E-state index in [1.165, 1.54) is 0 Å². The molecule has 1 aromatic rings. The highest BCUT2D eigenvalue weighted by atomic mass is 16.6. The zero-order chi connectivity index (χ0) is 24.6. The minimum atomic E-state index is -0.679. The zero-order valence-corrected chi connectivity index (χ0v) is 20.7. The van der Waals surface area contributed by atoms with Gasteiger partial charge >= 0.3 is 18.0 Å². The van der Waals surface area contributed by atoms with Crippen molar-refractivity contribution < 1.29 is 28.6 Å². The SMILES string of the molecule is CC(C)(C)OC(=O)CC[C@H](N[C@H]1CCN(C(=O)OCc2ccccc2)C1)C(=O)OC(C)(C)C. The summed E-state index contributed by atoms with van der Waals surface area (Å²) in [6.07, 6.45) is 0.625. The summed E-state index contributed by atoms with van der Waals surface area (Å²) in [6, 6.07) is 8.72. The number of benzene rings is 1. The van der Waals surface area contributed by atoms with Crippen LogP contribution in [0.1, 0.15) is 66.4 Å². The number of rotatable bonds is 8. The Morgan fingerprint density at radius 2 is 1.67 bits per heavy atom. The first-order valence-corrected chi connectivity index (χ1v) is 11.5. The molecule has 1 saturated heterocycles. The topological polar surface area (TPSA) is 94.2 Å². The fourth-order valence-corrected chi connectivity index (χ4v) is 3.45. The number of carbonyl (C=O) groups excluding carboxylic acids is 3. The normalized spacial score (nSPS) is 17.4. The highest BCUT2D eigenvalue weighted by molar-refractivity contribution is 5.78. The Morgan fingerprint density at radius 1 is 1.03 bits per heavy atom. The van der Waals surface area contributed by atoms with E-state index in [4.69, 9.17) is 14.2 Å². The van der Waals surface area contributed by atoms with Crippen molar-refractivity contribution >= 4 is 18.0 Å². The first-order valence-electron chi connectivity index (χ1n) is 11.5. The van der Waals surface area contributed by atoms with Gasteiger partial charge in [0, 0.05) is 25.6 Å². The molecule has 184 valence electrons. The fraction of sp³-hybridized carbons (Fsp3) is 0.640. The maximum atomic E-state index is 12.8. The minimum Gasteiger partial charge on any atom is -0.460 e. The summed E-state index contributed by atoms with van der Waals surface area (Å²) in [5.74, 6) is -0.786. The molecule has 1 aliphatic heterocycles. The summed E-state index contributed by atoms with van der Waals surface area (Å²) in [6.45, 7) is 12.0. The van der Waals surface area contributed by atoms with Crippen LogP contribution in [0, 0.1) is 0 Å². The lowest BCUT2D eigenvalue weighted by Gasteiger charge is -2.27. The lowest BCUT2D eigenvalue weighted by molar-refractivity contribution is -0.159. The van der Waals surface area contributed by atoms with Gasteiger partial charge in [-0.05, 0) is 59.9 Å². The third kappa shape index (κ3) is 10.2. The molecule has 0 saturated carbocycles. The summed E-state index contributed by atoms with van der Waals surface area (Å²) < 4.78 is 16.3. The molecule has 0 spiro atoms. The molecule has 8 heteroatoms. The number of likely N-dealkylation sites (tertiary alicyclic amines) is 1. The number of hydrogen-bond acceptors (Lipinski definition) is 7. The summed E-state index contributed by atoms with van der Waals surface area (Å²) in [4.78, 5) is 39.0. The lowest BCUT2D eigenvalue weighted by atomic mass is 10.1. The molecule has 1 N–H and O–H groups in total. The second-order valence-electron chi connectivity index (χ2n) is 10.3. The van der Waals surface area contributed by atoms with Crippen molar-refractivity contribution in [2.75, 3.05) is 13.1 Å². The third-order valence-corrected chi connectivity index (χ3v) is 4.84. The first-order chi connectivity index (χ1) is 15.3. The van der Waals surface area contributed by atoms with Crippen LogP contribution in [0.2, 0.25) is 0 Å². The Hall–Kier alpha value is -2.61. The van der Waals surface area contributed by atoms with Crippen LogP contribution in [-0.2, 0) is 30.4 Å². The summed E-state index contributed by atoms with van der Waals surface area (Å²) in [5, 5.41) is 3.28. The van der Waals surface area contributed by atoms with E-state index < -0.39 is 23.2 Å². The Labute approximate surface area is 196 Å². The van der Waals surface area contributed by atoms with Gasteiger partial charge in [-0.25, -0.2) is 4.79 Å². The molecule has 1 amide bonds. The van der Waals surface area contributed by atoms with Crippen molar-refractivity contribution in [2.45, 2.75) is 90.7 Å². The molecule has 0 bridgehead atoms. The third-order valence-electron chi connectivity index (χ3n) is 4.84. The molecule has 2 atom stereocenters. The molecule has 0 unspecified atom stereocenters. The second-order valence-corrected chi connectivity index (χ2v) is 10.3. The van der Waals surface area contributed by atoms with Gasteiger partial charge in [-0.15, -0.1) is 0 Å². The van der Waals surface area contributed by atoms with Crippen LogP contribution in [0.25, 0.3) is 0 Å². The van der Waals surface area contributed by atoms with Gasteiger partial charge in [0.05, 0.1) is 0 Å². The molecule has 8 nitrogen and oxygen atoms in total. The van der Waals surface area contributed by atoms with Gasteiger partial charge in [0.15, 0.2) is 0 Å². The van der Waals surface area contributed by atoms with Crippen LogP contribution < -0.4 is 5.32 Å². The molecular formula is C25H38N2O6. The molecule has 1 aromatic carbocycles. The van der Waals surface area contributed by atoms with Gasteiger partial charge in [0.25, 0.3) is 0 Å². The Kier molecular flexibility index (Phi) is 9.28. The van der Waals surface area contributed by atoms with Crippen molar-refractivity contribution in [1.82, 2.24) is 10.2 Å². The van der Waals surface area contributed by atoms with E-state index in [1.54, 1.807) is 46.4 Å². The Bertz CT molecular complexity index is 797. The minimum absolute atomic E-state index is 0.0870. The number of esters is 2. The van der Waals surface area contributed by atoms with Crippen LogP contribution in [0.3, 0.4) is 0 Å². The first kappa shape index (κ1) is 26.6. The summed E-state index contributed by atoms with van der Waals surface area (Å²) in [5.41, 5.74) is -0.309. The predicted octanol–water partition coefficient (Wildman–Crippen LogP) is 3.82. The average molecular weight is 463 g/mol. The number of nitrogens with zero attached hydrogens (tertiary/aromatic N) is 1. The van der Waals surface area contributed by atoms with E-state index >= 15 is 0 Å². The lowest BCUT2D eigenvalue weighted by Crippen LogP contribution is -2.47. The highest BCUT2D eigenvalue weighted by Crippen LogP contribution is 2.17. The highest BCUT2D eigenvalue weighted by Gasteiger charge is 2.33. The predicted molar refractivity (Wildman–Crippen MR) is 124 cm³/mol. The standard InChI is InChI=1S/C25H38N2O6/c1-24(2,3)32-21(28)13-12-20(22(29)33-25(4,5)6)26-19-14-15-27(16-19)23(30)31-17-18-10-8-7-9-11-18/h7-11,19-20,26H,12-17H2,1-6H3/t19-,20-/m0/s1. The molecule has 1 fully saturated rings. The van der Waals surface area contributed by atoms with Crippen molar-refractivity contribution in [1.29, 1.82) is 0 Å². The van der Waals surface area contributed by atoms with E-state index in [2.05, 4.69) is 5.32 Å². The van der Waals surface area contributed by atoms with Crippen molar-refractivity contribution in [3.8, 4) is 0 Å². The fourth-order valence-electron chi connectivity index (χ4n) is 3.45. The van der Waals surface area contributed by atoms with Gasteiger partial charge in [-0.3, -0.25) is 14.9 Å². The van der Waals surface area contributed by atoms with Crippen molar-refractivity contribution in [2.24, 2.45) is 0 Å². The van der Waals surface area contributed by atoms with Crippen LogP contribution in [0.4, 0.5) is 4.79 Å². The number of amides is 1. The maximum Gasteiger partial charge on any atom is 0.410 e. The molecule has 33 heavy (non-hydrogen) atoms. The van der Waals surface area contributed by atoms with E-state index in [0.717, 1.165) is 5.56 Å². The van der Waals surface area contributed by atoms with Crippen LogP contribution in [-0.4, -0.2) is 59.3 Å². The molecular weight excluding hydrogens is 424 g/mol. The van der Waals surface area contributed by atoms with Crippen LogP contribution in [0.15, 0.2) is 30.3 Å². The molecule has 2 rings (SSSR count). The van der Waals surface area contributed by atoms with Crippen LogP contribution >= 0.6 is 0 Å². The molecule has 0 aromatic heterocycles. The van der Waals surface area contributed by atoms with Gasteiger partial charge < -0.3 is 19.1 Å². The number of carbonyl (C=O) groups is 3. The summed E-state index contributed by atoms with van der Waals surface area (Å²) >= 11 is 0. The quantitative estimate of drug-likeness (QED) is 0.464. The molecule has 0 radical (unpaired) electrons. The van der Waals surface area contributed by atoms with E-state index in [0.29, 0.717) is 19.5 Å². The smallest absolute Gasteiger partial charge is 0.410 e. The molecule has 1 heterocycles. The second kappa shape index (κ2) is 11.5. The van der Waals surface area contributed by atoms with Crippen molar-refractivity contribution in [3.63, 3.8) is 0 Å². The maximum absolute atomic E-state index is 12.8.